The number of urea groups is 1. The Morgan fingerprint density at radius 3 is 2.58 bits per heavy atom. The maximum Gasteiger partial charge on any atom is 0.324 e. The average molecular weight is 421 g/mol. The molecule has 4 amide bonds. The number of rotatable bonds is 7. The molecule has 2 heterocycles. The number of benzene rings is 2. The van der Waals surface area contributed by atoms with E-state index < -0.39 is 6.04 Å². The standard InChI is InChI=1S/C24H27N3O4/c1-31-20-8-6-17(7-9-20)12-15-27-23(29)21(25-24(27)30)10-11-22(28)26-14-13-18-4-2-3-5-19(18)16-26/h2-9,21H,10-16H2,1H3,(H,25,30)/t21-/m1/s1. The van der Waals surface area contributed by atoms with Gasteiger partial charge in [0.15, 0.2) is 0 Å². The first-order chi connectivity index (χ1) is 15.0. The van der Waals surface area contributed by atoms with Crippen molar-refractivity contribution in [1.82, 2.24) is 15.1 Å². The van der Waals surface area contributed by atoms with Crippen LogP contribution in [0.25, 0.3) is 0 Å². The van der Waals surface area contributed by atoms with Crippen molar-refractivity contribution in [3.05, 3.63) is 65.2 Å². The zero-order valence-corrected chi connectivity index (χ0v) is 17.7. The highest BCUT2D eigenvalue weighted by molar-refractivity contribution is 6.04. The third-order valence-electron chi connectivity index (χ3n) is 6.02. The van der Waals surface area contributed by atoms with Crippen LogP contribution in [0.3, 0.4) is 0 Å². The van der Waals surface area contributed by atoms with Gasteiger partial charge in [0.1, 0.15) is 11.8 Å². The number of carbonyl (C=O) groups excluding carboxylic acids is 3. The Hall–Kier alpha value is -3.35. The number of fused-ring (bicyclic) bond motifs is 1. The summed E-state index contributed by atoms with van der Waals surface area (Å²) in [6.07, 6.45) is 1.98. The van der Waals surface area contributed by atoms with Crippen molar-refractivity contribution < 1.29 is 19.1 Å². The number of methoxy groups -OCH3 is 1. The molecule has 2 aliphatic heterocycles. The van der Waals surface area contributed by atoms with E-state index >= 15 is 0 Å². The number of hydrogen-bond acceptors (Lipinski definition) is 4. The summed E-state index contributed by atoms with van der Waals surface area (Å²) in [5.74, 6) is 0.532. The van der Waals surface area contributed by atoms with Crippen LogP contribution in [0.5, 0.6) is 5.75 Å². The van der Waals surface area contributed by atoms with Gasteiger partial charge in [-0.2, -0.15) is 0 Å². The van der Waals surface area contributed by atoms with Gasteiger partial charge in [0, 0.05) is 26.1 Å². The number of ether oxygens (including phenoxy) is 1. The van der Waals surface area contributed by atoms with Crippen LogP contribution in [-0.4, -0.2) is 53.9 Å². The Labute approximate surface area is 182 Å². The second kappa shape index (κ2) is 9.20. The summed E-state index contributed by atoms with van der Waals surface area (Å²) < 4.78 is 5.14. The SMILES string of the molecule is COc1ccc(CCN2C(=O)N[C@H](CCC(=O)N3CCc4ccccc4C3)C2=O)cc1. The predicted molar refractivity (Wildman–Crippen MR) is 116 cm³/mol. The fourth-order valence-electron chi connectivity index (χ4n) is 4.15. The highest BCUT2D eigenvalue weighted by Crippen LogP contribution is 2.20. The fraction of sp³-hybridized carbons (Fsp3) is 0.375. The second-order valence-corrected chi connectivity index (χ2v) is 7.96. The van der Waals surface area contributed by atoms with Crippen molar-refractivity contribution in [3.63, 3.8) is 0 Å². The third kappa shape index (κ3) is 4.71. The third-order valence-corrected chi connectivity index (χ3v) is 6.02. The maximum atomic E-state index is 12.7. The molecule has 1 atom stereocenters. The first-order valence-electron chi connectivity index (χ1n) is 10.6. The minimum Gasteiger partial charge on any atom is -0.497 e. The monoisotopic (exact) mass is 421 g/mol. The van der Waals surface area contributed by atoms with Crippen LogP contribution in [0.2, 0.25) is 0 Å². The molecular formula is C24H27N3O4. The summed E-state index contributed by atoms with van der Waals surface area (Å²) in [5, 5.41) is 2.73. The Balaban J connectivity index is 1.27. The van der Waals surface area contributed by atoms with Crippen LogP contribution < -0.4 is 10.1 Å². The van der Waals surface area contributed by atoms with E-state index in [4.69, 9.17) is 4.74 Å². The smallest absolute Gasteiger partial charge is 0.324 e. The Kier molecular flexibility index (Phi) is 6.21. The van der Waals surface area contributed by atoms with Crippen LogP contribution in [0.4, 0.5) is 4.79 Å². The van der Waals surface area contributed by atoms with Crippen molar-refractivity contribution in [1.29, 1.82) is 0 Å². The normalized spacial score (nSPS) is 18.0. The predicted octanol–water partition coefficient (Wildman–Crippen LogP) is 2.52. The van der Waals surface area contributed by atoms with E-state index in [-0.39, 0.29) is 24.3 Å². The van der Waals surface area contributed by atoms with Gasteiger partial charge in [-0.05, 0) is 48.1 Å². The lowest BCUT2D eigenvalue weighted by atomic mass is 9.99. The molecule has 31 heavy (non-hydrogen) atoms. The van der Waals surface area contributed by atoms with Gasteiger partial charge in [0.2, 0.25) is 5.91 Å². The van der Waals surface area contributed by atoms with Crippen LogP contribution in [-0.2, 0) is 29.0 Å². The lowest BCUT2D eigenvalue weighted by Gasteiger charge is -2.29. The Morgan fingerprint density at radius 1 is 1.10 bits per heavy atom. The van der Waals surface area contributed by atoms with Gasteiger partial charge in [0.05, 0.1) is 7.11 Å². The molecule has 1 fully saturated rings. The highest BCUT2D eigenvalue weighted by atomic mass is 16.5. The molecule has 7 heteroatoms. The molecule has 2 aromatic rings. The van der Waals surface area contributed by atoms with E-state index in [1.165, 1.54) is 16.0 Å². The van der Waals surface area contributed by atoms with Gasteiger partial charge < -0.3 is 15.0 Å². The lowest BCUT2D eigenvalue weighted by Crippen LogP contribution is -2.37. The fourth-order valence-corrected chi connectivity index (χ4v) is 4.15. The van der Waals surface area contributed by atoms with Gasteiger partial charge in [-0.3, -0.25) is 14.5 Å². The zero-order chi connectivity index (χ0) is 21.8. The Bertz CT molecular complexity index is 973. The van der Waals surface area contributed by atoms with E-state index in [0.29, 0.717) is 32.5 Å². The van der Waals surface area contributed by atoms with Crippen LogP contribution in [0.1, 0.15) is 29.5 Å². The van der Waals surface area contributed by atoms with E-state index in [1.807, 2.05) is 41.3 Å². The van der Waals surface area contributed by atoms with Crippen molar-refractivity contribution >= 4 is 17.8 Å². The molecular weight excluding hydrogens is 394 g/mol. The Morgan fingerprint density at radius 2 is 1.84 bits per heavy atom. The first-order valence-corrected chi connectivity index (χ1v) is 10.6. The summed E-state index contributed by atoms with van der Waals surface area (Å²) >= 11 is 0. The molecule has 0 bridgehead atoms. The van der Waals surface area contributed by atoms with Crippen molar-refractivity contribution in [2.75, 3.05) is 20.2 Å². The first kappa shape index (κ1) is 20.9. The number of amides is 4. The van der Waals surface area contributed by atoms with E-state index in [0.717, 1.165) is 17.7 Å². The second-order valence-electron chi connectivity index (χ2n) is 7.96. The summed E-state index contributed by atoms with van der Waals surface area (Å²) in [6.45, 7) is 1.60. The molecule has 0 aromatic heterocycles. The van der Waals surface area contributed by atoms with E-state index in [2.05, 4.69) is 17.4 Å². The molecule has 4 rings (SSSR count). The molecule has 7 nitrogen and oxygen atoms in total. The number of hydrogen-bond donors (Lipinski definition) is 1. The molecule has 0 spiro atoms. The number of nitrogens with zero attached hydrogens (tertiary/aromatic N) is 2. The molecule has 1 N–H and O–H groups in total. The van der Waals surface area contributed by atoms with Gasteiger partial charge >= 0.3 is 6.03 Å². The molecule has 2 aromatic carbocycles. The van der Waals surface area contributed by atoms with E-state index in [9.17, 15) is 14.4 Å². The molecule has 2 aliphatic rings. The molecule has 1 saturated heterocycles. The highest BCUT2D eigenvalue weighted by Gasteiger charge is 2.37. The molecule has 0 saturated carbocycles. The topological polar surface area (TPSA) is 79.0 Å². The summed E-state index contributed by atoms with van der Waals surface area (Å²) in [5.41, 5.74) is 3.49. The number of carbonyl (C=O) groups is 3. The van der Waals surface area contributed by atoms with Gasteiger partial charge in [-0.15, -0.1) is 0 Å². The maximum absolute atomic E-state index is 12.7. The van der Waals surface area contributed by atoms with Crippen molar-refractivity contribution in [3.8, 4) is 5.75 Å². The summed E-state index contributed by atoms with van der Waals surface area (Å²) in [7, 11) is 1.61. The quantitative estimate of drug-likeness (QED) is 0.697. The van der Waals surface area contributed by atoms with E-state index in [1.54, 1.807) is 7.11 Å². The van der Waals surface area contributed by atoms with Crippen molar-refractivity contribution in [2.24, 2.45) is 0 Å². The number of imide groups is 1. The minimum atomic E-state index is -0.635. The van der Waals surface area contributed by atoms with Crippen LogP contribution >= 0.6 is 0 Å². The lowest BCUT2D eigenvalue weighted by molar-refractivity contribution is -0.132. The van der Waals surface area contributed by atoms with Gasteiger partial charge in [-0.25, -0.2) is 4.79 Å². The van der Waals surface area contributed by atoms with Gasteiger partial charge in [0.25, 0.3) is 5.91 Å². The zero-order valence-electron chi connectivity index (χ0n) is 17.7. The number of nitrogens with one attached hydrogen (secondary N) is 1. The molecule has 0 aliphatic carbocycles. The largest absolute Gasteiger partial charge is 0.497 e. The van der Waals surface area contributed by atoms with Gasteiger partial charge in [-0.1, -0.05) is 36.4 Å². The average Bonchev–Trinajstić information content (AvgIpc) is 3.08. The molecule has 0 unspecified atom stereocenters. The molecule has 162 valence electrons. The molecule has 0 radical (unpaired) electrons. The summed E-state index contributed by atoms with van der Waals surface area (Å²) in [4.78, 5) is 40.7. The van der Waals surface area contributed by atoms with Crippen molar-refractivity contribution in [2.45, 2.75) is 38.3 Å². The minimum absolute atomic E-state index is 0.0215. The van der Waals surface area contributed by atoms with Crippen LogP contribution in [0.15, 0.2) is 48.5 Å². The van der Waals surface area contributed by atoms with Crippen LogP contribution in [0, 0.1) is 0 Å². The summed E-state index contributed by atoms with van der Waals surface area (Å²) in [6, 6.07) is 14.7.